The first-order chi connectivity index (χ1) is 18.8. The van der Waals surface area contributed by atoms with Crippen LogP contribution in [0, 0.1) is 41.2 Å². The Morgan fingerprint density at radius 2 is 1.70 bits per heavy atom. The normalized spacial score (nSPS) is 20.9. The third kappa shape index (κ3) is 5.25. The third-order valence-corrected chi connectivity index (χ3v) is 8.65. The number of amides is 1. The molecule has 2 aromatic heterocycles. The Morgan fingerprint density at radius 3 is 2.25 bits per heavy atom. The van der Waals surface area contributed by atoms with Crippen LogP contribution in [0.5, 0.6) is 0 Å². The molecular formula is C29H34ClF2N5O3. The van der Waals surface area contributed by atoms with Gasteiger partial charge in [-0.1, -0.05) is 39.3 Å². The smallest absolute Gasteiger partial charge is 0.303 e. The second-order valence-electron chi connectivity index (χ2n) is 11.9. The molecule has 11 heteroatoms. The second kappa shape index (κ2) is 10.6. The molecule has 3 heterocycles. The number of hydrogen-bond donors (Lipinski definition) is 1. The van der Waals surface area contributed by atoms with Gasteiger partial charge in [0.1, 0.15) is 22.5 Å². The van der Waals surface area contributed by atoms with Crippen molar-refractivity contribution in [3.63, 3.8) is 0 Å². The van der Waals surface area contributed by atoms with Crippen molar-refractivity contribution in [3.8, 4) is 11.3 Å². The summed E-state index contributed by atoms with van der Waals surface area (Å²) in [6, 6.07) is 5.74. The molecule has 1 saturated carbocycles. The lowest BCUT2D eigenvalue weighted by Gasteiger charge is -2.35. The van der Waals surface area contributed by atoms with Gasteiger partial charge in [-0.15, -0.1) is 0 Å². The lowest BCUT2D eigenvalue weighted by molar-refractivity contribution is -0.137. The quantitative estimate of drug-likeness (QED) is 0.334. The predicted molar refractivity (Wildman–Crippen MR) is 148 cm³/mol. The van der Waals surface area contributed by atoms with Crippen LogP contribution < -0.4 is 4.90 Å². The molecule has 1 saturated heterocycles. The Hall–Kier alpha value is -3.27. The molecule has 2 fully saturated rings. The number of rotatable bonds is 9. The molecule has 0 spiro atoms. The van der Waals surface area contributed by atoms with Crippen LogP contribution in [0.15, 0.2) is 24.3 Å². The summed E-state index contributed by atoms with van der Waals surface area (Å²) in [6.07, 6.45) is 0.132. The minimum atomic E-state index is -0.882. The summed E-state index contributed by atoms with van der Waals surface area (Å²) in [5.74, 6) is -1.03. The number of aromatic nitrogens is 3. The Morgan fingerprint density at radius 1 is 1.07 bits per heavy atom. The van der Waals surface area contributed by atoms with E-state index in [9.17, 15) is 18.4 Å². The second-order valence-corrected chi connectivity index (χ2v) is 12.3. The molecule has 4 atom stereocenters. The number of anilines is 1. The van der Waals surface area contributed by atoms with Gasteiger partial charge in [0.15, 0.2) is 11.3 Å². The summed E-state index contributed by atoms with van der Waals surface area (Å²) in [5, 5.41) is 13.2. The van der Waals surface area contributed by atoms with Gasteiger partial charge in [-0.3, -0.25) is 9.59 Å². The number of fused-ring (bicyclic) bond motifs is 2. The molecule has 1 aliphatic heterocycles. The number of carboxylic acids is 1. The molecule has 0 radical (unpaired) electrons. The fraction of sp³-hybridized carbons (Fsp3) is 0.517. The minimum absolute atomic E-state index is 0.0831. The molecule has 2 aliphatic rings. The van der Waals surface area contributed by atoms with E-state index in [0.29, 0.717) is 42.7 Å². The van der Waals surface area contributed by atoms with Crippen molar-refractivity contribution in [1.29, 1.82) is 0 Å². The zero-order valence-electron chi connectivity index (χ0n) is 23.2. The van der Waals surface area contributed by atoms with E-state index in [2.05, 4.69) is 49.6 Å². The fourth-order valence-corrected chi connectivity index (χ4v) is 5.93. The zero-order chi connectivity index (χ0) is 29.0. The zero-order valence-corrected chi connectivity index (χ0v) is 24.0. The highest BCUT2D eigenvalue weighted by molar-refractivity contribution is 6.31. The first-order valence-corrected chi connectivity index (χ1v) is 14.1. The lowest BCUT2D eigenvalue weighted by atomic mass is 10.0. The van der Waals surface area contributed by atoms with Gasteiger partial charge in [-0.05, 0) is 48.6 Å². The first kappa shape index (κ1) is 28.3. The number of benzene rings is 1. The number of carbonyl (C=O) groups excluding carboxylic acids is 1. The van der Waals surface area contributed by atoms with Crippen molar-refractivity contribution in [3.05, 3.63) is 46.6 Å². The molecule has 5 rings (SSSR count). The van der Waals surface area contributed by atoms with E-state index in [4.69, 9.17) is 16.7 Å². The van der Waals surface area contributed by atoms with Crippen LogP contribution in [0.2, 0.25) is 5.02 Å². The van der Waals surface area contributed by atoms with Crippen LogP contribution in [0.4, 0.5) is 14.6 Å². The van der Waals surface area contributed by atoms with Gasteiger partial charge in [0.05, 0.1) is 5.69 Å². The van der Waals surface area contributed by atoms with Crippen molar-refractivity contribution < 1.29 is 23.5 Å². The van der Waals surface area contributed by atoms with E-state index in [1.807, 2.05) is 0 Å². The maximum atomic E-state index is 14.4. The maximum Gasteiger partial charge on any atom is 0.303 e. The molecule has 1 aromatic carbocycles. The van der Waals surface area contributed by atoms with Crippen LogP contribution in [0.25, 0.3) is 16.9 Å². The van der Waals surface area contributed by atoms with Gasteiger partial charge in [-0.25, -0.2) is 13.8 Å². The van der Waals surface area contributed by atoms with E-state index >= 15 is 0 Å². The van der Waals surface area contributed by atoms with Gasteiger partial charge in [0.2, 0.25) is 0 Å². The van der Waals surface area contributed by atoms with Crippen LogP contribution in [0.3, 0.4) is 0 Å². The molecule has 0 bridgehead atoms. The number of nitrogens with zero attached hydrogens (tertiary/aromatic N) is 5. The number of carboxylic acid groups (broad SMARTS) is 1. The molecule has 1 unspecified atom stereocenters. The predicted octanol–water partition coefficient (Wildman–Crippen LogP) is 5.63. The molecule has 1 aliphatic carbocycles. The molecule has 214 valence electrons. The standard InChI is InChI=1S/C29H34ClF2N5O3/c1-14(2)11-36(16(5)15(3)4)26-10-23(17-6-21(31)28(30)22(32)7-17)33-25-9-24(34-37(25)26)29(40)35-12-19-18(8-27(38)39)20(19)13-35/h6-7,9-10,14-16,18-20H,8,11-13H2,1-5H3,(H,38,39)/t16-,18-,19-,20?/m1/s1. The SMILES string of the molecule is CC(C)CN(c1cc(-c2cc(F)c(Cl)c(F)c2)nc2cc(C(=O)N3CC4[C@H](CC(=O)O)[C@H]4C3)nn12)[C@H](C)C(C)C. The van der Waals surface area contributed by atoms with Crippen molar-refractivity contribution in [2.45, 2.75) is 47.1 Å². The van der Waals surface area contributed by atoms with Crippen molar-refractivity contribution in [2.75, 3.05) is 24.5 Å². The van der Waals surface area contributed by atoms with Gasteiger partial charge >= 0.3 is 5.97 Å². The highest BCUT2D eigenvalue weighted by Gasteiger charge is 2.57. The number of hydrogen-bond acceptors (Lipinski definition) is 5. The molecule has 1 amide bonds. The Labute approximate surface area is 236 Å². The highest BCUT2D eigenvalue weighted by atomic mass is 35.5. The van der Waals surface area contributed by atoms with Crippen LogP contribution in [-0.2, 0) is 4.79 Å². The summed E-state index contributed by atoms with van der Waals surface area (Å²) in [6.45, 7) is 12.3. The molecule has 1 N–H and O–H groups in total. The largest absolute Gasteiger partial charge is 0.481 e. The number of aliphatic carboxylic acids is 1. The van der Waals surface area contributed by atoms with E-state index in [0.717, 1.165) is 12.1 Å². The molecule has 40 heavy (non-hydrogen) atoms. The van der Waals surface area contributed by atoms with Crippen molar-refractivity contribution in [1.82, 2.24) is 19.5 Å². The maximum absolute atomic E-state index is 14.4. The molecule has 8 nitrogen and oxygen atoms in total. The summed E-state index contributed by atoms with van der Waals surface area (Å²) in [4.78, 5) is 33.1. The summed E-state index contributed by atoms with van der Waals surface area (Å²) >= 11 is 5.73. The number of piperidine rings is 1. The lowest BCUT2D eigenvalue weighted by Crippen LogP contribution is -2.40. The number of carbonyl (C=O) groups is 2. The Bertz CT molecular complexity index is 1440. The third-order valence-electron chi connectivity index (χ3n) is 8.29. The average molecular weight is 574 g/mol. The van der Waals surface area contributed by atoms with Crippen LogP contribution >= 0.6 is 11.6 Å². The Kier molecular flexibility index (Phi) is 7.50. The van der Waals surface area contributed by atoms with Gasteiger partial charge < -0.3 is 14.9 Å². The summed E-state index contributed by atoms with van der Waals surface area (Å²) in [7, 11) is 0. The monoisotopic (exact) mass is 573 g/mol. The van der Waals surface area contributed by atoms with Crippen molar-refractivity contribution >= 4 is 34.9 Å². The Balaban J connectivity index is 1.56. The highest BCUT2D eigenvalue weighted by Crippen LogP contribution is 2.53. The van der Waals surface area contributed by atoms with Crippen LogP contribution in [-0.4, -0.2) is 62.2 Å². The molecule has 3 aromatic rings. The van der Waals surface area contributed by atoms with Crippen LogP contribution in [0.1, 0.15) is 51.5 Å². The fourth-order valence-electron chi connectivity index (χ4n) is 5.82. The average Bonchev–Trinajstić information content (AvgIpc) is 3.24. The van der Waals surface area contributed by atoms with Gasteiger partial charge in [0.25, 0.3) is 5.91 Å². The number of likely N-dealkylation sites (tertiary alicyclic amines) is 1. The summed E-state index contributed by atoms with van der Waals surface area (Å²) in [5.41, 5.74) is 1.16. The van der Waals surface area contributed by atoms with E-state index in [-0.39, 0.29) is 53.3 Å². The van der Waals surface area contributed by atoms with Gasteiger partial charge in [0, 0.05) is 49.8 Å². The van der Waals surface area contributed by atoms with Gasteiger partial charge in [-0.2, -0.15) is 9.61 Å². The van der Waals surface area contributed by atoms with E-state index < -0.39 is 22.6 Å². The summed E-state index contributed by atoms with van der Waals surface area (Å²) < 4.78 is 30.4. The van der Waals surface area contributed by atoms with E-state index in [1.54, 1.807) is 21.5 Å². The van der Waals surface area contributed by atoms with E-state index in [1.165, 1.54) is 0 Å². The topological polar surface area (TPSA) is 91.0 Å². The molecular weight excluding hydrogens is 540 g/mol. The minimum Gasteiger partial charge on any atom is -0.481 e. The first-order valence-electron chi connectivity index (χ1n) is 13.7. The number of halogens is 3. The van der Waals surface area contributed by atoms with Crippen molar-refractivity contribution in [2.24, 2.45) is 29.6 Å².